The van der Waals surface area contributed by atoms with Crippen LogP contribution in [0.2, 0.25) is 15.1 Å². The number of carbonyl (C=O) groups is 1. The van der Waals surface area contributed by atoms with Crippen molar-refractivity contribution in [3.8, 4) is 0 Å². The quantitative estimate of drug-likeness (QED) is 0.804. The van der Waals surface area contributed by atoms with Gasteiger partial charge in [-0.3, -0.25) is 9.69 Å². The highest BCUT2D eigenvalue weighted by atomic mass is 35.5. The minimum atomic E-state index is -0.120. The Morgan fingerprint density at radius 3 is 2.68 bits per heavy atom. The molecule has 0 aromatic heterocycles. The minimum absolute atomic E-state index is 0.120. The van der Waals surface area contributed by atoms with E-state index in [1.807, 2.05) is 0 Å². The van der Waals surface area contributed by atoms with Gasteiger partial charge in [0.05, 0.1) is 27.3 Å². The summed E-state index contributed by atoms with van der Waals surface area (Å²) >= 11 is 17.9. The van der Waals surface area contributed by atoms with Crippen molar-refractivity contribution in [2.45, 2.75) is 13.3 Å². The smallest absolute Gasteiger partial charge is 0.238 e. The van der Waals surface area contributed by atoms with Gasteiger partial charge in [-0.25, -0.2) is 0 Å². The first-order valence-corrected chi connectivity index (χ1v) is 8.41. The summed E-state index contributed by atoms with van der Waals surface area (Å²) in [4.78, 5) is 14.3. The Hall–Kier alpha value is -0.520. The fourth-order valence-corrected chi connectivity index (χ4v) is 3.28. The zero-order chi connectivity index (χ0) is 16.3. The zero-order valence-corrected chi connectivity index (χ0v) is 14.7. The molecule has 4 nitrogen and oxygen atoms in total. The number of amides is 1. The second-order valence-electron chi connectivity index (χ2n) is 5.79. The average molecular weight is 365 g/mol. The summed E-state index contributed by atoms with van der Waals surface area (Å²) in [6.07, 6.45) is 1.06. The van der Waals surface area contributed by atoms with Crippen molar-refractivity contribution in [1.29, 1.82) is 0 Å². The van der Waals surface area contributed by atoms with Crippen LogP contribution in [0.25, 0.3) is 0 Å². The van der Waals surface area contributed by atoms with Crippen LogP contribution in [0.15, 0.2) is 12.1 Å². The third-order valence-corrected chi connectivity index (χ3v) is 5.19. The second-order valence-corrected chi connectivity index (χ2v) is 7.01. The maximum atomic E-state index is 12.2. The van der Waals surface area contributed by atoms with E-state index in [0.717, 1.165) is 19.5 Å². The molecule has 1 aromatic rings. The number of piperidine rings is 1. The first-order chi connectivity index (χ1) is 10.4. The maximum absolute atomic E-state index is 12.2. The van der Waals surface area contributed by atoms with Crippen molar-refractivity contribution < 1.29 is 4.79 Å². The van der Waals surface area contributed by atoms with Crippen LogP contribution in [0.3, 0.4) is 0 Å². The SMILES string of the molecule is CC1CCN(CC(=O)Nc2cc(Cl)c(Cl)cc2Cl)CC1CN. The Morgan fingerprint density at radius 1 is 1.32 bits per heavy atom. The summed E-state index contributed by atoms with van der Waals surface area (Å²) in [5.41, 5.74) is 6.26. The molecule has 1 aromatic carbocycles. The molecule has 0 bridgehead atoms. The summed E-state index contributed by atoms with van der Waals surface area (Å²) in [6.45, 7) is 4.93. The first-order valence-electron chi connectivity index (χ1n) is 7.27. The molecule has 1 aliphatic rings. The number of carbonyl (C=O) groups excluding carboxylic acids is 1. The van der Waals surface area contributed by atoms with Crippen LogP contribution in [0, 0.1) is 11.8 Å². The lowest BCUT2D eigenvalue weighted by molar-refractivity contribution is -0.117. The monoisotopic (exact) mass is 363 g/mol. The van der Waals surface area contributed by atoms with E-state index in [4.69, 9.17) is 40.5 Å². The summed E-state index contributed by atoms with van der Waals surface area (Å²) < 4.78 is 0. The van der Waals surface area contributed by atoms with E-state index in [9.17, 15) is 4.79 Å². The highest BCUT2D eigenvalue weighted by Crippen LogP contribution is 2.32. The lowest BCUT2D eigenvalue weighted by Gasteiger charge is -2.36. The van der Waals surface area contributed by atoms with Crippen LogP contribution in [-0.2, 0) is 4.79 Å². The van der Waals surface area contributed by atoms with Crippen molar-refractivity contribution in [2.24, 2.45) is 17.6 Å². The fourth-order valence-electron chi connectivity index (χ4n) is 2.69. The molecule has 1 fully saturated rings. The van der Waals surface area contributed by atoms with Gasteiger partial charge in [-0.05, 0) is 43.5 Å². The lowest BCUT2D eigenvalue weighted by Crippen LogP contribution is -2.45. The van der Waals surface area contributed by atoms with Crippen LogP contribution in [0.1, 0.15) is 13.3 Å². The van der Waals surface area contributed by atoms with Gasteiger partial charge in [0.15, 0.2) is 0 Å². The van der Waals surface area contributed by atoms with Gasteiger partial charge in [0.25, 0.3) is 0 Å². The van der Waals surface area contributed by atoms with Crippen LogP contribution >= 0.6 is 34.8 Å². The second kappa shape index (κ2) is 7.84. The third-order valence-electron chi connectivity index (χ3n) is 4.15. The van der Waals surface area contributed by atoms with Gasteiger partial charge in [-0.2, -0.15) is 0 Å². The highest BCUT2D eigenvalue weighted by molar-refractivity contribution is 6.44. The van der Waals surface area contributed by atoms with Crippen LogP contribution in [-0.4, -0.2) is 37.0 Å². The Labute approximate surface area is 145 Å². The number of hydrogen-bond donors (Lipinski definition) is 2. The molecule has 0 radical (unpaired) electrons. The van der Waals surface area contributed by atoms with Gasteiger partial charge in [-0.15, -0.1) is 0 Å². The Kier molecular flexibility index (Phi) is 6.36. The van der Waals surface area contributed by atoms with Gasteiger partial charge in [0, 0.05) is 6.54 Å². The molecule has 1 aliphatic heterocycles. The van der Waals surface area contributed by atoms with E-state index in [-0.39, 0.29) is 5.91 Å². The molecule has 1 heterocycles. The number of nitrogens with two attached hydrogens (primary N) is 1. The molecule has 2 rings (SSSR count). The number of anilines is 1. The van der Waals surface area contributed by atoms with Crippen LogP contribution in [0.5, 0.6) is 0 Å². The summed E-state index contributed by atoms with van der Waals surface area (Å²) in [7, 11) is 0. The molecule has 122 valence electrons. The molecule has 7 heteroatoms. The number of hydrogen-bond acceptors (Lipinski definition) is 3. The number of likely N-dealkylation sites (tertiary alicyclic amines) is 1. The Morgan fingerprint density at radius 2 is 2.00 bits per heavy atom. The van der Waals surface area contributed by atoms with Gasteiger partial charge in [0.1, 0.15) is 0 Å². The van der Waals surface area contributed by atoms with Crippen molar-refractivity contribution in [1.82, 2.24) is 4.90 Å². The van der Waals surface area contributed by atoms with Crippen molar-refractivity contribution in [3.05, 3.63) is 27.2 Å². The molecule has 2 atom stereocenters. The average Bonchev–Trinajstić information content (AvgIpc) is 2.46. The lowest BCUT2D eigenvalue weighted by atomic mass is 9.87. The molecule has 0 spiro atoms. The molecule has 1 saturated heterocycles. The normalized spacial score (nSPS) is 22.6. The van der Waals surface area contributed by atoms with Gasteiger partial charge in [-0.1, -0.05) is 41.7 Å². The topological polar surface area (TPSA) is 58.4 Å². The molecule has 2 unspecified atom stereocenters. The minimum Gasteiger partial charge on any atom is -0.330 e. The van der Waals surface area contributed by atoms with Gasteiger partial charge in [0.2, 0.25) is 5.91 Å². The van der Waals surface area contributed by atoms with E-state index in [2.05, 4.69) is 17.1 Å². The van der Waals surface area contributed by atoms with Gasteiger partial charge < -0.3 is 11.1 Å². The summed E-state index contributed by atoms with van der Waals surface area (Å²) in [5.74, 6) is 0.926. The standard InChI is InChI=1S/C15H20Cl3N3O/c1-9-2-3-21(7-10(9)6-19)8-15(22)20-14-5-12(17)11(16)4-13(14)18/h4-5,9-10H,2-3,6-8,19H2,1H3,(H,20,22). The zero-order valence-electron chi connectivity index (χ0n) is 12.4. The Bertz CT molecular complexity index is 553. The van der Waals surface area contributed by atoms with E-state index in [1.54, 1.807) is 6.07 Å². The number of halogens is 3. The van der Waals surface area contributed by atoms with E-state index >= 15 is 0 Å². The van der Waals surface area contributed by atoms with Crippen molar-refractivity contribution in [2.75, 3.05) is 31.5 Å². The maximum Gasteiger partial charge on any atom is 0.238 e. The number of rotatable bonds is 4. The third kappa shape index (κ3) is 4.49. The molecule has 3 N–H and O–H groups in total. The Balaban J connectivity index is 1.95. The predicted octanol–water partition coefficient (Wildman–Crippen LogP) is 3.50. The largest absolute Gasteiger partial charge is 0.330 e. The highest BCUT2D eigenvalue weighted by Gasteiger charge is 2.26. The predicted molar refractivity (Wildman–Crippen MR) is 92.9 cm³/mol. The van der Waals surface area contributed by atoms with E-state index < -0.39 is 0 Å². The van der Waals surface area contributed by atoms with Crippen LogP contribution in [0.4, 0.5) is 5.69 Å². The molecule has 22 heavy (non-hydrogen) atoms. The van der Waals surface area contributed by atoms with Gasteiger partial charge >= 0.3 is 0 Å². The van der Waals surface area contributed by atoms with Crippen molar-refractivity contribution in [3.63, 3.8) is 0 Å². The van der Waals surface area contributed by atoms with Crippen molar-refractivity contribution >= 4 is 46.4 Å². The molecule has 0 saturated carbocycles. The van der Waals surface area contributed by atoms with Crippen LogP contribution < -0.4 is 11.1 Å². The number of benzene rings is 1. The molecular formula is C15H20Cl3N3O. The fraction of sp³-hybridized carbons (Fsp3) is 0.533. The molecule has 1 amide bonds. The summed E-state index contributed by atoms with van der Waals surface area (Å²) in [5, 5.41) is 3.87. The molecular weight excluding hydrogens is 345 g/mol. The van der Waals surface area contributed by atoms with E-state index in [0.29, 0.717) is 45.7 Å². The summed E-state index contributed by atoms with van der Waals surface area (Å²) in [6, 6.07) is 3.08. The first kappa shape index (κ1) is 17.8. The van der Waals surface area contributed by atoms with E-state index in [1.165, 1.54) is 6.07 Å². The number of nitrogens with one attached hydrogen (secondary N) is 1. The molecule has 0 aliphatic carbocycles. The number of nitrogens with zero attached hydrogens (tertiary/aromatic N) is 1.